The van der Waals surface area contributed by atoms with Crippen molar-refractivity contribution in [1.29, 1.82) is 0 Å². The zero-order chi connectivity index (χ0) is 9.97. The Morgan fingerprint density at radius 1 is 1.43 bits per heavy atom. The second-order valence-electron chi connectivity index (χ2n) is 3.00. The molecule has 0 fully saturated rings. The van der Waals surface area contributed by atoms with E-state index >= 15 is 0 Å². The van der Waals surface area contributed by atoms with Crippen molar-refractivity contribution in [2.45, 2.75) is 0 Å². The van der Waals surface area contributed by atoms with Gasteiger partial charge in [-0.2, -0.15) is 0 Å². The average Bonchev–Trinajstić information content (AvgIpc) is 2.61. The molecule has 72 valence electrons. The van der Waals surface area contributed by atoms with Gasteiger partial charge in [0, 0.05) is 28.1 Å². The van der Waals surface area contributed by atoms with Crippen LogP contribution in [0.25, 0.3) is 10.1 Å². The molecule has 0 saturated carbocycles. The predicted molar refractivity (Wildman–Crippen MR) is 58.0 cm³/mol. The van der Waals surface area contributed by atoms with Gasteiger partial charge in [-0.3, -0.25) is 4.79 Å². The van der Waals surface area contributed by atoms with Crippen LogP contribution in [-0.2, 0) is 4.74 Å². The van der Waals surface area contributed by atoms with Crippen LogP contribution >= 0.6 is 11.3 Å². The Balaban J connectivity index is 2.47. The van der Waals surface area contributed by atoms with Gasteiger partial charge in [0.2, 0.25) is 0 Å². The van der Waals surface area contributed by atoms with E-state index in [1.165, 1.54) is 7.11 Å². The Morgan fingerprint density at radius 2 is 2.21 bits per heavy atom. The lowest BCUT2D eigenvalue weighted by atomic mass is 10.1. The Bertz CT molecular complexity index is 459. The number of carbonyl (C=O) groups is 1. The van der Waals surface area contributed by atoms with E-state index in [1.54, 1.807) is 11.3 Å². The summed E-state index contributed by atoms with van der Waals surface area (Å²) < 4.78 is 5.98. The van der Waals surface area contributed by atoms with E-state index in [1.807, 2.05) is 29.6 Å². The lowest BCUT2D eigenvalue weighted by molar-refractivity contribution is 0.0850. The minimum absolute atomic E-state index is 0.0462. The molecule has 1 aromatic carbocycles. The van der Waals surface area contributed by atoms with Crippen LogP contribution in [0.3, 0.4) is 0 Å². The van der Waals surface area contributed by atoms with E-state index in [9.17, 15) is 4.79 Å². The molecule has 0 N–H and O–H groups in total. The average molecular weight is 206 g/mol. The lowest BCUT2D eigenvalue weighted by Crippen LogP contribution is -2.05. The molecule has 0 bridgehead atoms. The third-order valence-electron chi connectivity index (χ3n) is 2.06. The molecule has 14 heavy (non-hydrogen) atoms. The molecule has 1 heterocycles. The maximum absolute atomic E-state index is 11.6. The zero-order valence-corrected chi connectivity index (χ0v) is 8.64. The van der Waals surface area contributed by atoms with Gasteiger partial charge >= 0.3 is 0 Å². The van der Waals surface area contributed by atoms with E-state index in [0.29, 0.717) is 0 Å². The molecule has 0 radical (unpaired) electrons. The first-order valence-corrected chi connectivity index (χ1v) is 5.19. The number of hydrogen-bond donors (Lipinski definition) is 0. The fourth-order valence-corrected chi connectivity index (χ4v) is 2.37. The highest BCUT2D eigenvalue weighted by atomic mass is 32.1. The second-order valence-corrected chi connectivity index (χ2v) is 3.91. The van der Waals surface area contributed by atoms with E-state index in [0.717, 1.165) is 15.6 Å². The molecule has 0 saturated heterocycles. The first-order chi connectivity index (χ1) is 6.83. The van der Waals surface area contributed by atoms with Crippen LogP contribution in [-0.4, -0.2) is 19.5 Å². The van der Waals surface area contributed by atoms with Gasteiger partial charge in [-0.25, -0.2) is 0 Å². The van der Waals surface area contributed by atoms with Crippen LogP contribution in [0.4, 0.5) is 0 Å². The Morgan fingerprint density at radius 3 is 3.00 bits per heavy atom. The molecule has 0 atom stereocenters. The number of thiophene rings is 1. The Labute approximate surface area is 86.1 Å². The Hall–Kier alpha value is -1.19. The third kappa shape index (κ3) is 1.56. The molecule has 0 amide bonds. The second kappa shape index (κ2) is 3.90. The molecule has 2 rings (SSSR count). The van der Waals surface area contributed by atoms with Crippen molar-refractivity contribution in [3.8, 4) is 0 Å². The summed E-state index contributed by atoms with van der Waals surface area (Å²) in [5.74, 6) is 0.0462. The number of Topliss-reactive ketones (excluding diaryl/α,β-unsaturated/α-hetero) is 1. The van der Waals surface area contributed by atoms with Crippen molar-refractivity contribution in [3.05, 3.63) is 35.2 Å². The van der Waals surface area contributed by atoms with Gasteiger partial charge in [0.1, 0.15) is 6.61 Å². The summed E-state index contributed by atoms with van der Waals surface area (Å²) >= 11 is 1.59. The topological polar surface area (TPSA) is 26.3 Å². The van der Waals surface area contributed by atoms with Crippen molar-refractivity contribution in [3.63, 3.8) is 0 Å². The molecule has 0 aliphatic heterocycles. The van der Waals surface area contributed by atoms with Crippen molar-refractivity contribution in [1.82, 2.24) is 0 Å². The standard InChI is InChI=1S/C11H10O2S/c1-13-6-10(12)9-7-14-11-5-3-2-4-8(9)11/h2-5,7H,6H2,1H3. The van der Waals surface area contributed by atoms with Crippen molar-refractivity contribution >= 4 is 27.2 Å². The smallest absolute Gasteiger partial charge is 0.189 e. The number of ketones is 1. The molecule has 1 aromatic heterocycles. The maximum atomic E-state index is 11.6. The molecular formula is C11H10O2S. The van der Waals surface area contributed by atoms with Crippen LogP contribution in [0.5, 0.6) is 0 Å². The van der Waals surface area contributed by atoms with Gasteiger partial charge < -0.3 is 4.74 Å². The molecule has 0 unspecified atom stereocenters. The van der Waals surface area contributed by atoms with E-state index in [4.69, 9.17) is 4.74 Å². The van der Waals surface area contributed by atoms with Gasteiger partial charge in [0.15, 0.2) is 5.78 Å². The molecule has 0 aliphatic carbocycles. The number of fused-ring (bicyclic) bond motifs is 1. The molecule has 3 heteroatoms. The predicted octanol–water partition coefficient (Wildman–Crippen LogP) is 2.73. The number of carbonyl (C=O) groups excluding carboxylic acids is 1. The van der Waals surface area contributed by atoms with Crippen LogP contribution < -0.4 is 0 Å². The minimum atomic E-state index is 0.0462. The van der Waals surface area contributed by atoms with Crippen LogP contribution in [0.2, 0.25) is 0 Å². The lowest BCUT2D eigenvalue weighted by Gasteiger charge is -1.96. The van der Waals surface area contributed by atoms with Gasteiger partial charge in [-0.1, -0.05) is 18.2 Å². The summed E-state index contributed by atoms with van der Waals surface area (Å²) in [5, 5.41) is 2.92. The number of ether oxygens (including phenoxy) is 1. The number of hydrogen-bond acceptors (Lipinski definition) is 3. The highest BCUT2D eigenvalue weighted by Crippen LogP contribution is 2.25. The molecule has 0 spiro atoms. The summed E-state index contributed by atoms with van der Waals surface area (Å²) in [6.07, 6.45) is 0. The van der Waals surface area contributed by atoms with Crippen molar-refractivity contribution in [2.75, 3.05) is 13.7 Å². The highest BCUT2D eigenvalue weighted by Gasteiger charge is 2.10. The van der Waals surface area contributed by atoms with Crippen LogP contribution in [0.15, 0.2) is 29.6 Å². The largest absolute Gasteiger partial charge is 0.377 e. The summed E-state index contributed by atoms with van der Waals surface area (Å²) in [6.45, 7) is 0.153. The van der Waals surface area contributed by atoms with Crippen molar-refractivity contribution < 1.29 is 9.53 Å². The molecule has 2 nitrogen and oxygen atoms in total. The highest BCUT2D eigenvalue weighted by molar-refractivity contribution is 7.17. The minimum Gasteiger partial charge on any atom is -0.377 e. The Kier molecular flexibility index (Phi) is 2.61. The van der Waals surface area contributed by atoms with E-state index < -0.39 is 0 Å². The van der Waals surface area contributed by atoms with Crippen LogP contribution in [0, 0.1) is 0 Å². The summed E-state index contributed by atoms with van der Waals surface area (Å²) in [4.78, 5) is 11.6. The normalized spacial score (nSPS) is 10.6. The molecule has 2 aromatic rings. The quantitative estimate of drug-likeness (QED) is 0.722. The molecular weight excluding hydrogens is 196 g/mol. The molecule has 0 aliphatic rings. The van der Waals surface area contributed by atoms with Crippen LogP contribution in [0.1, 0.15) is 10.4 Å². The third-order valence-corrected chi connectivity index (χ3v) is 3.02. The maximum Gasteiger partial charge on any atom is 0.189 e. The zero-order valence-electron chi connectivity index (χ0n) is 7.82. The van der Waals surface area contributed by atoms with Gasteiger partial charge in [0.25, 0.3) is 0 Å². The first kappa shape index (κ1) is 9.37. The summed E-state index contributed by atoms with van der Waals surface area (Å²) in [6, 6.07) is 7.90. The van der Waals surface area contributed by atoms with Gasteiger partial charge in [-0.15, -0.1) is 11.3 Å². The number of benzene rings is 1. The van der Waals surface area contributed by atoms with Gasteiger partial charge in [-0.05, 0) is 6.07 Å². The van der Waals surface area contributed by atoms with E-state index in [-0.39, 0.29) is 12.4 Å². The first-order valence-electron chi connectivity index (χ1n) is 4.31. The van der Waals surface area contributed by atoms with Gasteiger partial charge in [0.05, 0.1) is 0 Å². The monoisotopic (exact) mass is 206 g/mol. The SMILES string of the molecule is COCC(=O)c1csc2ccccc12. The fraction of sp³-hybridized carbons (Fsp3) is 0.182. The summed E-state index contributed by atoms with van der Waals surface area (Å²) in [5.41, 5.74) is 0.771. The number of rotatable bonds is 3. The summed E-state index contributed by atoms with van der Waals surface area (Å²) in [7, 11) is 1.53. The van der Waals surface area contributed by atoms with E-state index in [2.05, 4.69) is 0 Å². The fourth-order valence-electron chi connectivity index (χ4n) is 1.40. The van der Waals surface area contributed by atoms with Crippen molar-refractivity contribution in [2.24, 2.45) is 0 Å². The number of methoxy groups -OCH3 is 1.